The molecule has 3 aromatic heterocycles. The molecular weight excluding hydrogens is 780 g/mol. The van der Waals surface area contributed by atoms with E-state index in [0.717, 1.165) is 74.0 Å². The third-order valence-electron chi connectivity index (χ3n) is 10.6. The lowest BCUT2D eigenvalue weighted by atomic mass is 9.94. The number of halogens is 3. The number of hydrogen-bond acceptors (Lipinski definition) is 11. The zero-order valence-electron chi connectivity index (χ0n) is 31.9. The number of benzene rings is 2. The summed E-state index contributed by atoms with van der Waals surface area (Å²) in [4.78, 5) is 37.3. The molecule has 2 unspecified atom stereocenters. The summed E-state index contributed by atoms with van der Waals surface area (Å²) in [6.45, 7) is 8.14. The van der Waals surface area contributed by atoms with Crippen molar-refractivity contribution in [3.8, 4) is 17.0 Å². The lowest BCUT2D eigenvalue weighted by Gasteiger charge is -2.36. The second-order valence-electron chi connectivity index (χ2n) is 14.8. The average molecular weight is 823 g/mol. The highest BCUT2D eigenvalue weighted by Gasteiger charge is 2.33. The van der Waals surface area contributed by atoms with Crippen LogP contribution in [-0.4, -0.2) is 109 Å². The lowest BCUT2D eigenvalue weighted by Crippen LogP contribution is -2.46. The number of aliphatic carboxylic acids is 1. The number of carboxylic acid groups (broad SMARTS) is 1. The second kappa shape index (κ2) is 17.7. The molecule has 3 atom stereocenters. The van der Waals surface area contributed by atoms with Gasteiger partial charge in [-0.05, 0) is 72.8 Å². The van der Waals surface area contributed by atoms with Gasteiger partial charge in [-0.15, -0.1) is 0 Å². The molecule has 2 aliphatic heterocycles. The zero-order chi connectivity index (χ0) is 41.1. The number of nitrogens with zero attached hydrogens (tertiary/aromatic N) is 6. The number of piperazine rings is 1. The number of anilines is 2. The van der Waals surface area contributed by atoms with Gasteiger partial charge in [-0.2, -0.15) is 0 Å². The van der Waals surface area contributed by atoms with Gasteiger partial charge in [0.1, 0.15) is 29.2 Å². The average Bonchev–Trinajstić information content (AvgIpc) is 3.96. The van der Waals surface area contributed by atoms with Crippen molar-refractivity contribution in [2.45, 2.75) is 45.2 Å². The minimum atomic E-state index is -3.07. The number of ether oxygens (including phenoxy) is 1. The monoisotopic (exact) mass is 822 g/mol. The molecule has 0 saturated carbocycles. The fourth-order valence-corrected chi connectivity index (χ4v) is 8.14. The van der Waals surface area contributed by atoms with Gasteiger partial charge in [-0.1, -0.05) is 26.0 Å². The smallest absolute Gasteiger partial charge is 0.314 e. The molecule has 5 aromatic rings. The molecule has 0 aliphatic carbocycles. The van der Waals surface area contributed by atoms with Crippen molar-refractivity contribution in [3.63, 3.8) is 0 Å². The number of aromatic nitrogens is 3. The number of pyridine rings is 1. The summed E-state index contributed by atoms with van der Waals surface area (Å²) in [5, 5.41) is 14.8. The van der Waals surface area contributed by atoms with E-state index >= 15 is 8.78 Å². The van der Waals surface area contributed by atoms with E-state index in [1.165, 1.54) is 6.20 Å². The molecule has 0 spiro atoms. The highest BCUT2D eigenvalue weighted by atomic mass is 32.2. The van der Waals surface area contributed by atoms with Crippen LogP contribution in [0.15, 0.2) is 65.4 Å². The van der Waals surface area contributed by atoms with E-state index in [9.17, 15) is 27.8 Å². The largest absolute Gasteiger partial charge is 0.754 e. The number of hydrazine groups is 1. The van der Waals surface area contributed by atoms with Crippen molar-refractivity contribution >= 4 is 45.4 Å². The molecule has 2 fully saturated rings. The molecule has 308 valence electrons. The van der Waals surface area contributed by atoms with Crippen molar-refractivity contribution in [1.82, 2.24) is 25.0 Å². The molecule has 0 radical (unpaired) electrons. The first-order valence-electron chi connectivity index (χ1n) is 19.1. The Morgan fingerprint density at radius 3 is 2.50 bits per heavy atom. The van der Waals surface area contributed by atoms with Gasteiger partial charge in [0.2, 0.25) is 5.78 Å². The van der Waals surface area contributed by atoms with Gasteiger partial charge in [-0.25, -0.2) is 27.6 Å². The Hall–Kier alpha value is -5.30. The van der Waals surface area contributed by atoms with E-state index in [2.05, 4.69) is 24.9 Å². The van der Waals surface area contributed by atoms with Gasteiger partial charge in [-0.3, -0.25) is 18.7 Å². The molecule has 0 amide bonds. The van der Waals surface area contributed by atoms with Crippen LogP contribution in [0.2, 0.25) is 0 Å². The quantitative estimate of drug-likeness (QED) is 0.0668. The SMILES string of the molecule is CC(C)C(C(=O)O)c1cc(OCCCCN2CCN(c3ccc(-c4cnc5[nH]cc(C(=O)c6c(F)ccc(N(N7CC[C@@H](F)C7)S(=O)[O-])c6F)c5c4)cc3)CC2)no1. The molecule has 2 saturated heterocycles. The Morgan fingerprint density at radius 2 is 1.83 bits per heavy atom. The van der Waals surface area contributed by atoms with Crippen LogP contribution in [0, 0.1) is 17.6 Å². The molecule has 18 heteroatoms. The molecule has 2 aliphatic rings. The minimum absolute atomic E-state index is 0.00407. The number of fused-ring (bicyclic) bond motifs is 1. The number of nitrogens with one attached hydrogen (secondary N) is 1. The number of carboxylic acids is 1. The topological polar surface area (TPSA) is 171 Å². The van der Waals surface area contributed by atoms with Gasteiger partial charge >= 0.3 is 5.97 Å². The molecule has 2 aromatic carbocycles. The molecular formula is C40H43F3N7O7S-. The number of carbonyl (C=O) groups is 2. The molecule has 5 heterocycles. The Morgan fingerprint density at radius 1 is 1.07 bits per heavy atom. The van der Waals surface area contributed by atoms with Crippen LogP contribution in [0.5, 0.6) is 5.88 Å². The number of unbranched alkanes of at least 4 members (excludes halogenated alkanes) is 1. The highest BCUT2D eigenvalue weighted by Crippen LogP contribution is 2.33. The third-order valence-corrected chi connectivity index (χ3v) is 11.3. The van der Waals surface area contributed by atoms with E-state index in [4.69, 9.17) is 9.26 Å². The van der Waals surface area contributed by atoms with Crippen LogP contribution < -0.4 is 14.1 Å². The number of ketones is 1. The summed E-state index contributed by atoms with van der Waals surface area (Å²) in [6, 6.07) is 12.9. The van der Waals surface area contributed by atoms with Crippen LogP contribution in [0.4, 0.5) is 24.5 Å². The predicted molar refractivity (Wildman–Crippen MR) is 209 cm³/mol. The number of H-pyrrole nitrogens is 1. The molecule has 2 N–H and O–H groups in total. The maximum Gasteiger partial charge on any atom is 0.314 e. The number of hydrogen-bond donors (Lipinski definition) is 2. The summed E-state index contributed by atoms with van der Waals surface area (Å²) >= 11 is -3.07. The van der Waals surface area contributed by atoms with Gasteiger partial charge in [0.15, 0.2) is 11.6 Å². The summed E-state index contributed by atoms with van der Waals surface area (Å²) in [6.07, 6.45) is 3.40. The van der Waals surface area contributed by atoms with Crippen molar-refractivity contribution in [2.75, 3.05) is 61.7 Å². The Kier molecular flexibility index (Phi) is 12.5. The van der Waals surface area contributed by atoms with Gasteiger partial charge in [0.05, 0.1) is 30.0 Å². The van der Waals surface area contributed by atoms with E-state index < -0.39 is 58.0 Å². The standard InChI is InChI=1S/C40H44F3N7O7S/c1-24(2)35(40(52)53)33-20-34(46-57-33)56-18-4-3-12-47-14-16-48(17-15-47)28-7-5-25(6-8-28)26-19-29-30(22-45-39(29)44-21-26)38(51)36-31(42)9-10-32(37(36)43)50(58(54)55)49-13-11-27(41)23-49/h5-10,19-22,24,27,35H,3-4,11-18,23H2,1-2H3,(H,44,45)(H,52,53)(H,54,55)/p-1/t27-,35?/m1/s1. The number of alkyl halides is 1. The predicted octanol–water partition coefficient (Wildman–Crippen LogP) is 6.09. The zero-order valence-corrected chi connectivity index (χ0v) is 32.7. The van der Waals surface area contributed by atoms with Crippen molar-refractivity contribution in [3.05, 3.63) is 89.4 Å². The van der Waals surface area contributed by atoms with E-state index in [-0.39, 0.29) is 42.6 Å². The Balaban J connectivity index is 0.947. The van der Waals surface area contributed by atoms with Gasteiger partial charge in [0.25, 0.3) is 5.88 Å². The van der Waals surface area contributed by atoms with E-state index in [0.29, 0.717) is 27.6 Å². The third kappa shape index (κ3) is 8.74. The second-order valence-corrected chi connectivity index (χ2v) is 15.5. The van der Waals surface area contributed by atoms with Crippen LogP contribution >= 0.6 is 0 Å². The van der Waals surface area contributed by atoms with Crippen molar-refractivity contribution in [1.29, 1.82) is 0 Å². The maximum absolute atomic E-state index is 15.9. The molecule has 7 rings (SSSR count). The first-order chi connectivity index (χ1) is 27.9. The maximum atomic E-state index is 15.9. The van der Waals surface area contributed by atoms with Crippen molar-refractivity contribution < 1.29 is 45.9 Å². The lowest BCUT2D eigenvalue weighted by molar-refractivity contribution is -0.140. The minimum Gasteiger partial charge on any atom is -0.754 e. The summed E-state index contributed by atoms with van der Waals surface area (Å²) < 4.78 is 80.7. The first-order valence-corrected chi connectivity index (χ1v) is 20.1. The Labute approximate surface area is 334 Å². The highest BCUT2D eigenvalue weighted by molar-refractivity contribution is 7.80. The number of aromatic amines is 1. The normalized spacial score (nSPS) is 17.6. The van der Waals surface area contributed by atoms with Crippen LogP contribution in [0.25, 0.3) is 22.2 Å². The van der Waals surface area contributed by atoms with E-state index in [1.807, 2.05) is 38.1 Å². The number of rotatable bonds is 16. The molecule has 14 nitrogen and oxygen atoms in total. The van der Waals surface area contributed by atoms with Crippen LogP contribution in [-0.2, 0) is 16.1 Å². The van der Waals surface area contributed by atoms with Gasteiger partial charge < -0.3 is 28.8 Å². The summed E-state index contributed by atoms with van der Waals surface area (Å²) in [5.41, 5.74) is 1.27. The van der Waals surface area contributed by atoms with Crippen LogP contribution in [0.3, 0.4) is 0 Å². The number of carbonyl (C=O) groups excluding carboxylic acids is 1. The van der Waals surface area contributed by atoms with Gasteiger partial charge in [0, 0.05) is 73.4 Å². The molecule has 0 bridgehead atoms. The summed E-state index contributed by atoms with van der Waals surface area (Å²) in [7, 11) is 0. The van der Waals surface area contributed by atoms with Crippen LogP contribution in [0.1, 0.15) is 60.7 Å². The fourth-order valence-electron chi connectivity index (χ4n) is 7.50. The van der Waals surface area contributed by atoms with Crippen molar-refractivity contribution in [2.24, 2.45) is 5.92 Å². The first kappa shape index (κ1) is 40.9. The Bertz CT molecular complexity index is 2280. The summed E-state index contributed by atoms with van der Waals surface area (Å²) in [5.74, 6) is -4.87. The fraction of sp³-hybridized carbons (Fsp3) is 0.400. The molecule has 58 heavy (non-hydrogen) atoms. The van der Waals surface area contributed by atoms with E-state index in [1.54, 1.807) is 18.3 Å².